The zero-order valence-corrected chi connectivity index (χ0v) is 18.8. The highest BCUT2D eigenvalue weighted by Crippen LogP contribution is 2.25. The van der Waals surface area contributed by atoms with Crippen LogP contribution in [-0.2, 0) is 11.3 Å². The predicted molar refractivity (Wildman–Crippen MR) is 129 cm³/mol. The van der Waals surface area contributed by atoms with Crippen molar-refractivity contribution >= 4 is 23.1 Å². The van der Waals surface area contributed by atoms with Gasteiger partial charge in [0.15, 0.2) is 5.65 Å². The molecule has 1 aromatic carbocycles. The van der Waals surface area contributed by atoms with Crippen molar-refractivity contribution in [2.45, 2.75) is 33.7 Å². The number of fused-ring (bicyclic) bond motifs is 1. The molecule has 1 saturated heterocycles. The monoisotopic (exact) mass is 419 g/mol. The molecule has 2 aromatic heterocycles. The fraction of sp³-hybridized carbons (Fsp3) is 0.360. The summed E-state index contributed by atoms with van der Waals surface area (Å²) in [6.45, 7) is 14.4. The first-order chi connectivity index (χ1) is 15.2. The summed E-state index contributed by atoms with van der Waals surface area (Å²) in [5.41, 5.74) is 12.3. The Morgan fingerprint density at radius 2 is 2.03 bits per heavy atom. The zero-order valence-electron chi connectivity index (χ0n) is 18.8. The van der Waals surface area contributed by atoms with Crippen molar-refractivity contribution in [3.05, 3.63) is 71.6 Å². The van der Waals surface area contributed by atoms with Gasteiger partial charge in [0.1, 0.15) is 5.82 Å². The molecular weight excluding hydrogens is 386 g/mol. The Morgan fingerprint density at radius 1 is 1.23 bits per heavy atom. The Morgan fingerprint density at radius 3 is 2.81 bits per heavy atom. The molecule has 2 N–H and O–H groups in total. The third kappa shape index (κ3) is 5.40. The van der Waals surface area contributed by atoms with Gasteiger partial charge >= 0.3 is 0 Å². The van der Waals surface area contributed by atoms with Crippen molar-refractivity contribution in [1.82, 2.24) is 19.5 Å². The Labute approximate surface area is 185 Å². The number of hydrogen-bond acceptors (Lipinski definition) is 5. The second-order valence-electron chi connectivity index (χ2n) is 7.37. The lowest BCUT2D eigenvalue weighted by Gasteiger charge is -2.18. The summed E-state index contributed by atoms with van der Waals surface area (Å²) in [5, 5.41) is 4.46. The fourth-order valence-electron chi connectivity index (χ4n) is 3.67. The van der Waals surface area contributed by atoms with E-state index in [0.29, 0.717) is 5.82 Å². The highest BCUT2D eigenvalue weighted by atomic mass is 16.5. The van der Waals surface area contributed by atoms with Crippen LogP contribution >= 0.6 is 0 Å². The van der Waals surface area contributed by atoms with E-state index in [1.165, 1.54) is 5.56 Å². The van der Waals surface area contributed by atoms with Crippen LogP contribution in [0.4, 0.5) is 5.82 Å². The van der Waals surface area contributed by atoms with Crippen molar-refractivity contribution in [2.24, 2.45) is 0 Å². The molecule has 31 heavy (non-hydrogen) atoms. The van der Waals surface area contributed by atoms with Gasteiger partial charge in [-0.2, -0.15) is 9.61 Å². The minimum Gasteiger partial charge on any atom is -0.384 e. The summed E-state index contributed by atoms with van der Waals surface area (Å²) in [6, 6.07) is 10.2. The van der Waals surface area contributed by atoms with Crippen LogP contribution in [0, 0.1) is 6.92 Å². The van der Waals surface area contributed by atoms with Gasteiger partial charge in [-0.1, -0.05) is 50.8 Å². The molecule has 0 radical (unpaired) electrons. The van der Waals surface area contributed by atoms with Crippen LogP contribution in [0.2, 0.25) is 0 Å². The van der Waals surface area contributed by atoms with Crippen LogP contribution in [0.5, 0.6) is 0 Å². The van der Waals surface area contributed by atoms with E-state index in [-0.39, 0.29) is 0 Å². The number of ether oxygens (including phenoxy) is 1. The predicted octanol–water partition coefficient (Wildman–Crippen LogP) is 4.60. The summed E-state index contributed by atoms with van der Waals surface area (Å²) < 4.78 is 7.25. The molecule has 4 rings (SSSR count). The van der Waals surface area contributed by atoms with E-state index in [4.69, 9.17) is 15.5 Å². The molecule has 0 saturated carbocycles. The molecule has 3 heterocycles. The zero-order chi connectivity index (χ0) is 22.2. The third-order valence-corrected chi connectivity index (χ3v) is 5.28. The normalized spacial score (nSPS) is 15.3. The van der Waals surface area contributed by atoms with Crippen molar-refractivity contribution in [3.8, 4) is 0 Å². The SMILES string of the molecule is C=C/C(=C\c1ccccc1C)c1cnn2c(N)cc(CN3CCCOCC3)nc12.CC. The van der Waals surface area contributed by atoms with E-state index >= 15 is 0 Å². The molecule has 3 aromatic rings. The molecule has 1 fully saturated rings. The second-order valence-corrected chi connectivity index (χ2v) is 7.37. The van der Waals surface area contributed by atoms with Gasteiger partial charge in [-0.05, 0) is 36.1 Å². The number of allylic oxidation sites excluding steroid dienone is 2. The average molecular weight is 420 g/mol. The minimum absolute atomic E-state index is 0.585. The molecule has 0 bridgehead atoms. The summed E-state index contributed by atoms with van der Waals surface area (Å²) in [4.78, 5) is 7.26. The van der Waals surface area contributed by atoms with Crippen LogP contribution < -0.4 is 5.73 Å². The Hall–Kier alpha value is -2.96. The molecule has 0 spiro atoms. The lowest BCUT2D eigenvalue weighted by molar-refractivity contribution is 0.140. The molecule has 0 atom stereocenters. The number of anilines is 1. The van der Waals surface area contributed by atoms with Gasteiger partial charge in [-0.25, -0.2) is 4.98 Å². The second kappa shape index (κ2) is 10.9. The largest absolute Gasteiger partial charge is 0.384 e. The maximum absolute atomic E-state index is 6.30. The summed E-state index contributed by atoms with van der Waals surface area (Å²) in [5.74, 6) is 0.585. The molecule has 0 amide bonds. The molecule has 164 valence electrons. The smallest absolute Gasteiger partial charge is 0.165 e. The van der Waals surface area contributed by atoms with E-state index in [2.05, 4.69) is 41.7 Å². The first-order valence-corrected chi connectivity index (χ1v) is 11.0. The molecule has 6 heteroatoms. The highest BCUT2D eigenvalue weighted by Gasteiger charge is 2.15. The van der Waals surface area contributed by atoms with E-state index in [9.17, 15) is 0 Å². The van der Waals surface area contributed by atoms with Crippen molar-refractivity contribution in [1.29, 1.82) is 0 Å². The van der Waals surface area contributed by atoms with E-state index in [1.807, 2.05) is 44.3 Å². The Balaban J connectivity index is 0.00000132. The lowest BCUT2D eigenvalue weighted by atomic mass is 10.0. The molecular formula is C25H33N5O. The van der Waals surface area contributed by atoms with Crippen molar-refractivity contribution in [2.75, 3.05) is 32.0 Å². The maximum atomic E-state index is 6.30. The molecule has 1 aliphatic heterocycles. The van der Waals surface area contributed by atoms with Crippen LogP contribution in [0.3, 0.4) is 0 Å². The molecule has 0 unspecified atom stereocenters. The topological polar surface area (TPSA) is 68.7 Å². The number of hydrogen-bond donors (Lipinski definition) is 1. The van der Waals surface area contributed by atoms with E-state index < -0.39 is 0 Å². The number of aryl methyl sites for hydroxylation is 1. The van der Waals surface area contributed by atoms with Crippen molar-refractivity contribution < 1.29 is 4.74 Å². The van der Waals surface area contributed by atoms with Gasteiger partial charge in [0.25, 0.3) is 0 Å². The van der Waals surface area contributed by atoms with Gasteiger partial charge in [0, 0.05) is 37.9 Å². The number of nitrogens with two attached hydrogens (primary N) is 1. The number of benzene rings is 1. The molecule has 0 aliphatic carbocycles. The number of aromatic nitrogens is 3. The van der Waals surface area contributed by atoms with Crippen LogP contribution in [0.1, 0.15) is 42.7 Å². The summed E-state index contributed by atoms with van der Waals surface area (Å²) in [7, 11) is 0. The van der Waals surface area contributed by atoms with Crippen LogP contribution in [0.25, 0.3) is 17.3 Å². The van der Waals surface area contributed by atoms with E-state index in [1.54, 1.807) is 4.52 Å². The van der Waals surface area contributed by atoms with Gasteiger partial charge in [0.2, 0.25) is 0 Å². The number of nitrogen functional groups attached to an aromatic ring is 1. The standard InChI is InChI=1S/C23H27N5O.C2H6/c1-3-18(13-19-8-5-4-7-17(19)2)21-15-25-28-22(24)14-20(26-23(21)28)16-27-9-6-11-29-12-10-27;1-2/h3-5,7-8,13-15H,1,6,9-12,16,24H2,2H3;1-2H3/b18-13+;. The van der Waals surface area contributed by atoms with Crippen molar-refractivity contribution in [3.63, 3.8) is 0 Å². The summed E-state index contributed by atoms with van der Waals surface area (Å²) >= 11 is 0. The van der Waals surface area contributed by atoms with Gasteiger partial charge in [-0.3, -0.25) is 4.90 Å². The Bertz CT molecular complexity index is 1050. The maximum Gasteiger partial charge on any atom is 0.165 e. The number of nitrogens with zero attached hydrogens (tertiary/aromatic N) is 4. The van der Waals surface area contributed by atoms with Gasteiger partial charge in [-0.15, -0.1) is 0 Å². The van der Waals surface area contributed by atoms with Crippen LogP contribution in [0.15, 0.2) is 49.2 Å². The van der Waals surface area contributed by atoms with Gasteiger partial charge in [0.05, 0.1) is 18.5 Å². The Kier molecular flexibility index (Phi) is 7.98. The first kappa shape index (κ1) is 22.7. The van der Waals surface area contributed by atoms with Crippen LogP contribution in [-0.4, -0.2) is 45.8 Å². The van der Waals surface area contributed by atoms with Gasteiger partial charge < -0.3 is 10.5 Å². The number of rotatable bonds is 5. The molecule has 6 nitrogen and oxygen atoms in total. The minimum atomic E-state index is 0.585. The first-order valence-electron chi connectivity index (χ1n) is 11.0. The third-order valence-electron chi connectivity index (χ3n) is 5.28. The quantitative estimate of drug-likeness (QED) is 0.613. The van der Waals surface area contributed by atoms with E-state index in [0.717, 1.165) is 67.3 Å². The average Bonchev–Trinajstić information content (AvgIpc) is 3.04. The molecule has 1 aliphatic rings. The summed E-state index contributed by atoms with van der Waals surface area (Å²) in [6.07, 6.45) is 6.82. The lowest BCUT2D eigenvalue weighted by Crippen LogP contribution is -2.26. The fourth-order valence-corrected chi connectivity index (χ4v) is 3.67. The highest BCUT2D eigenvalue weighted by molar-refractivity contribution is 5.92.